The Kier molecular flexibility index (Phi) is 5.96. The minimum Gasteiger partial charge on any atom is -0.342 e. The number of hydrogen-bond acceptors (Lipinski definition) is 6. The van der Waals surface area contributed by atoms with E-state index in [9.17, 15) is 14.9 Å². The van der Waals surface area contributed by atoms with Gasteiger partial charge in [-0.2, -0.15) is 5.26 Å². The summed E-state index contributed by atoms with van der Waals surface area (Å²) in [6, 6.07) is 11.6. The van der Waals surface area contributed by atoms with E-state index in [0.717, 1.165) is 36.4 Å². The van der Waals surface area contributed by atoms with Crippen molar-refractivity contribution in [3.8, 4) is 6.07 Å². The lowest BCUT2D eigenvalue weighted by Crippen LogP contribution is -2.36. The number of aromatic nitrogens is 2. The van der Waals surface area contributed by atoms with Gasteiger partial charge in [0, 0.05) is 24.4 Å². The number of hydrogen-bond donors (Lipinski definition) is 0. The summed E-state index contributed by atoms with van der Waals surface area (Å²) in [6.07, 6.45) is 4.45. The molecule has 3 heterocycles. The second-order valence-electron chi connectivity index (χ2n) is 7.75. The molecular weight excluding hydrogens is 396 g/mol. The van der Waals surface area contributed by atoms with Gasteiger partial charge in [-0.25, -0.2) is 4.98 Å². The maximum atomic E-state index is 13.5. The Labute approximate surface area is 179 Å². The molecule has 1 aliphatic heterocycles. The maximum Gasteiger partial charge on any atom is 0.273 e. The molecule has 6 nitrogen and oxygen atoms in total. The molecule has 0 radical (unpaired) electrons. The number of fused-ring (bicyclic) bond motifs is 1. The first-order valence-electron chi connectivity index (χ1n) is 10.3. The molecular formula is C23H24N4O2S. The molecule has 1 saturated heterocycles. The largest absolute Gasteiger partial charge is 0.342 e. The van der Waals surface area contributed by atoms with E-state index in [-0.39, 0.29) is 11.3 Å². The zero-order valence-electron chi connectivity index (χ0n) is 17.1. The van der Waals surface area contributed by atoms with Crippen LogP contribution >= 0.6 is 11.3 Å². The highest BCUT2D eigenvalue weighted by atomic mass is 32.1. The average molecular weight is 421 g/mol. The SMILES string of the molecule is CC(=O)CCc1cc2nc(N3CCCCC3)n(Cc3ccccc3C#N)c(=O)c2s1. The van der Waals surface area contributed by atoms with Crippen molar-refractivity contribution in [2.24, 2.45) is 0 Å². The summed E-state index contributed by atoms with van der Waals surface area (Å²) in [5.41, 5.74) is 2.01. The highest BCUT2D eigenvalue weighted by molar-refractivity contribution is 7.18. The summed E-state index contributed by atoms with van der Waals surface area (Å²) >= 11 is 1.42. The first-order chi connectivity index (χ1) is 14.6. The van der Waals surface area contributed by atoms with E-state index in [1.165, 1.54) is 17.8 Å². The van der Waals surface area contributed by atoms with Crippen LogP contribution in [-0.2, 0) is 17.8 Å². The molecule has 0 aliphatic carbocycles. The molecule has 0 atom stereocenters. The van der Waals surface area contributed by atoms with Gasteiger partial charge < -0.3 is 9.69 Å². The smallest absolute Gasteiger partial charge is 0.273 e. The Morgan fingerprint density at radius 1 is 1.23 bits per heavy atom. The predicted octanol–water partition coefficient (Wildman–Crippen LogP) is 3.89. The Bertz CT molecular complexity index is 1180. The van der Waals surface area contributed by atoms with Crippen LogP contribution in [0.25, 0.3) is 10.2 Å². The predicted molar refractivity (Wildman–Crippen MR) is 119 cm³/mol. The Hall–Kier alpha value is -2.98. The number of anilines is 1. The Morgan fingerprint density at radius 2 is 2.00 bits per heavy atom. The maximum absolute atomic E-state index is 13.5. The molecule has 3 aromatic rings. The van der Waals surface area contributed by atoms with Crippen LogP contribution < -0.4 is 10.5 Å². The molecule has 4 rings (SSSR count). The number of aryl methyl sites for hydroxylation is 1. The fourth-order valence-electron chi connectivity index (χ4n) is 3.89. The van der Waals surface area contributed by atoms with Crippen LogP contribution in [0, 0.1) is 11.3 Å². The molecule has 0 spiro atoms. The number of Topliss-reactive ketones (excluding diaryl/α,β-unsaturated/α-hetero) is 1. The summed E-state index contributed by atoms with van der Waals surface area (Å²) in [5.74, 6) is 0.816. The summed E-state index contributed by atoms with van der Waals surface area (Å²) < 4.78 is 2.33. The van der Waals surface area contributed by atoms with Gasteiger partial charge in [0.05, 0.1) is 23.7 Å². The second kappa shape index (κ2) is 8.80. The van der Waals surface area contributed by atoms with E-state index >= 15 is 0 Å². The van der Waals surface area contributed by atoms with E-state index in [2.05, 4.69) is 11.0 Å². The van der Waals surface area contributed by atoms with Crippen LogP contribution in [0.4, 0.5) is 5.95 Å². The van der Waals surface area contributed by atoms with Crippen molar-refractivity contribution in [3.63, 3.8) is 0 Å². The fraction of sp³-hybridized carbons (Fsp3) is 0.391. The van der Waals surface area contributed by atoms with Gasteiger partial charge >= 0.3 is 0 Å². The van der Waals surface area contributed by atoms with Gasteiger partial charge in [0.15, 0.2) is 0 Å². The van der Waals surface area contributed by atoms with E-state index in [1.807, 2.05) is 24.3 Å². The van der Waals surface area contributed by atoms with E-state index in [4.69, 9.17) is 4.98 Å². The van der Waals surface area contributed by atoms with Gasteiger partial charge in [0.1, 0.15) is 10.5 Å². The summed E-state index contributed by atoms with van der Waals surface area (Å²) in [6.45, 7) is 3.65. The van der Waals surface area contributed by atoms with Gasteiger partial charge in [-0.15, -0.1) is 11.3 Å². The molecule has 1 aliphatic rings. The van der Waals surface area contributed by atoms with Crippen LogP contribution in [0.5, 0.6) is 0 Å². The number of carbonyl (C=O) groups excluding carboxylic acids is 1. The average Bonchev–Trinajstić information content (AvgIpc) is 3.18. The van der Waals surface area contributed by atoms with Crippen molar-refractivity contribution >= 4 is 33.3 Å². The van der Waals surface area contributed by atoms with Crippen molar-refractivity contribution in [2.75, 3.05) is 18.0 Å². The normalized spacial score (nSPS) is 14.1. The summed E-state index contributed by atoms with van der Waals surface area (Å²) in [4.78, 5) is 33.0. The molecule has 7 heteroatoms. The lowest BCUT2D eigenvalue weighted by Gasteiger charge is -2.29. The van der Waals surface area contributed by atoms with E-state index in [0.29, 0.717) is 41.1 Å². The highest BCUT2D eigenvalue weighted by Crippen LogP contribution is 2.27. The molecule has 0 bridgehead atoms. The Morgan fingerprint density at radius 3 is 2.73 bits per heavy atom. The number of piperidine rings is 1. The third-order valence-corrected chi connectivity index (χ3v) is 6.67. The van der Waals surface area contributed by atoms with Gasteiger partial charge in [-0.05, 0) is 50.3 Å². The lowest BCUT2D eigenvalue weighted by molar-refractivity contribution is -0.116. The van der Waals surface area contributed by atoms with Crippen molar-refractivity contribution < 1.29 is 4.79 Å². The highest BCUT2D eigenvalue weighted by Gasteiger charge is 2.21. The zero-order chi connectivity index (χ0) is 21.1. The molecule has 2 aromatic heterocycles. The number of carbonyl (C=O) groups is 1. The third-order valence-electron chi connectivity index (χ3n) is 5.49. The standard InChI is InChI=1S/C23H24N4O2S/c1-16(28)9-10-19-13-20-21(30-19)22(29)27(15-18-8-4-3-7-17(18)14-24)23(25-20)26-11-5-2-6-12-26/h3-4,7-8,13H,2,5-6,9-12,15H2,1H3. The number of nitrogens with zero attached hydrogens (tertiary/aromatic N) is 4. The van der Waals surface area contributed by atoms with Gasteiger partial charge in [-0.1, -0.05) is 18.2 Å². The molecule has 0 N–H and O–H groups in total. The monoisotopic (exact) mass is 420 g/mol. The van der Waals surface area contributed by atoms with E-state index in [1.54, 1.807) is 17.6 Å². The lowest BCUT2D eigenvalue weighted by atomic mass is 10.1. The number of benzene rings is 1. The minimum absolute atomic E-state index is 0.0765. The molecule has 30 heavy (non-hydrogen) atoms. The van der Waals surface area contributed by atoms with Crippen molar-refractivity contribution in [2.45, 2.75) is 45.6 Å². The minimum atomic E-state index is -0.0765. The van der Waals surface area contributed by atoms with Crippen LogP contribution in [0.1, 0.15) is 48.6 Å². The van der Waals surface area contributed by atoms with Gasteiger partial charge in [0.25, 0.3) is 5.56 Å². The Balaban J connectivity index is 1.82. The van der Waals surface area contributed by atoms with Crippen molar-refractivity contribution in [1.29, 1.82) is 5.26 Å². The van der Waals surface area contributed by atoms with Crippen LogP contribution in [0.2, 0.25) is 0 Å². The number of nitriles is 1. The van der Waals surface area contributed by atoms with Crippen molar-refractivity contribution in [1.82, 2.24) is 9.55 Å². The first-order valence-corrected chi connectivity index (χ1v) is 11.1. The van der Waals surface area contributed by atoms with Crippen LogP contribution in [0.15, 0.2) is 35.1 Å². The molecule has 0 unspecified atom stereocenters. The van der Waals surface area contributed by atoms with Crippen molar-refractivity contribution in [3.05, 3.63) is 56.7 Å². The quantitative estimate of drug-likeness (QED) is 0.604. The zero-order valence-corrected chi connectivity index (χ0v) is 17.9. The number of ketones is 1. The fourth-order valence-corrected chi connectivity index (χ4v) is 4.93. The summed E-state index contributed by atoms with van der Waals surface area (Å²) in [5, 5.41) is 9.47. The molecule has 1 fully saturated rings. The van der Waals surface area contributed by atoms with Crippen LogP contribution in [0.3, 0.4) is 0 Å². The summed E-state index contributed by atoms with van der Waals surface area (Å²) in [7, 11) is 0. The molecule has 1 aromatic carbocycles. The van der Waals surface area contributed by atoms with E-state index < -0.39 is 0 Å². The van der Waals surface area contributed by atoms with Gasteiger partial charge in [0.2, 0.25) is 5.95 Å². The van der Waals surface area contributed by atoms with Gasteiger partial charge in [-0.3, -0.25) is 9.36 Å². The number of thiophene rings is 1. The molecule has 154 valence electrons. The molecule has 0 amide bonds. The topological polar surface area (TPSA) is 79.0 Å². The molecule has 0 saturated carbocycles. The van der Waals surface area contributed by atoms with Crippen LogP contribution in [-0.4, -0.2) is 28.4 Å². The second-order valence-corrected chi connectivity index (χ2v) is 8.89. The number of rotatable bonds is 6. The third kappa shape index (κ3) is 4.14. The first kappa shape index (κ1) is 20.3.